The molecule has 4 aromatic rings. The number of aryl methyl sites for hydroxylation is 3. The van der Waals surface area contributed by atoms with Crippen LogP contribution in [0, 0.1) is 5.41 Å². The van der Waals surface area contributed by atoms with Gasteiger partial charge in [0.25, 0.3) is 0 Å². The topological polar surface area (TPSA) is 74.3 Å². The molecular weight excluding hydrogens is 404 g/mol. The number of carbonyl (C=O) groups excluding carboxylic acids is 1. The van der Waals surface area contributed by atoms with Gasteiger partial charge in [-0.25, -0.2) is 4.98 Å². The van der Waals surface area contributed by atoms with Crippen molar-refractivity contribution in [2.75, 3.05) is 0 Å². The molecule has 2 heterocycles. The van der Waals surface area contributed by atoms with Gasteiger partial charge in [0.05, 0.1) is 21.8 Å². The second-order valence-corrected chi connectivity index (χ2v) is 9.02. The van der Waals surface area contributed by atoms with Crippen LogP contribution in [0.1, 0.15) is 45.9 Å². The Labute approximate surface area is 186 Å². The Hall–Kier alpha value is -3.41. The number of imidazole rings is 1. The third kappa shape index (κ3) is 3.60. The lowest BCUT2D eigenvalue weighted by atomic mass is 9.97. The fourth-order valence-electron chi connectivity index (χ4n) is 3.78. The molecule has 0 saturated carbocycles. The number of rotatable bonds is 4. The van der Waals surface area contributed by atoms with Crippen LogP contribution in [0.3, 0.4) is 0 Å². The molecule has 166 valence electrons. The Bertz CT molecular complexity index is 1400. The van der Waals surface area contributed by atoms with E-state index in [-0.39, 0.29) is 11.4 Å². The van der Waals surface area contributed by atoms with Crippen molar-refractivity contribution in [1.82, 2.24) is 9.55 Å². The van der Waals surface area contributed by atoms with Crippen molar-refractivity contribution < 1.29 is 13.9 Å². The number of esters is 1. The largest absolute Gasteiger partial charge is 0.460 e. The number of carbonyl (C=O) groups is 1. The fourth-order valence-corrected chi connectivity index (χ4v) is 3.78. The van der Waals surface area contributed by atoms with Crippen LogP contribution in [0.25, 0.3) is 33.4 Å². The number of hydrogen-bond donors (Lipinski definition) is 0. The molecule has 0 atom stereocenters. The van der Waals surface area contributed by atoms with Gasteiger partial charge in [-0.1, -0.05) is 26.0 Å². The van der Waals surface area contributed by atoms with Crippen LogP contribution in [0.15, 0.2) is 45.6 Å². The first-order valence-electron chi connectivity index (χ1n) is 10.9. The third-order valence-corrected chi connectivity index (χ3v) is 5.67. The first-order valence-corrected chi connectivity index (χ1v) is 10.9. The van der Waals surface area contributed by atoms with E-state index >= 15 is 0 Å². The molecule has 4 rings (SSSR count). The molecule has 0 aliphatic carbocycles. The van der Waals surface area contributed by atoms with E-state index in [1.54, 1.807) is 32.9 Å². The van der Waals surface area contributed by atoms with Gasteiger partial charge in [-0.2, -0.15) is 0 Å². The minimum Gasteiger partial charge on any atom is -0.460 e. The van der Waals surface area contributed by atoms with Gasteiger partial charge < -0.3 is 13.7 Å². The minimum absolute atomic E-state index is 0.134. The molecule has 0 fully saturated rings. The molecule has 0 aliphatic heterocycles. The summed E-state index contributed by atoms with van der Waals surface area (Å²) in [6.07, 6.45) is 1.13. The first kappa shape index (κ1) is 21.8. The smallest absolute Gasteiger partial charge is 0.316 e. The predicted octanol–water partition coefficient (Wildman–Crippen LogP) is 5.42. The Morgan fingerprint density at radius 2 is 1.84 bits per heavy atom. The highest BCUT2D eigenvalue weighted by Gasteiger charge is 2.26. The van der Waals surface area contributed by atoms with E-state index in [1.165, 1.54) is 0 Å². The van der Waals surface area contributed by atoms with Gasteiger partial charge in [0.2, 0.25) is 5.43 Å². The van der Waals surface area contributed by atoms with E-state index in [9.17, 15) is 9.59 Å². The number of benzene rings is 2. The van der Waals surface area contributed by atoms with Crippen LogP contribution in [0.5, 0.6) is 5.75 Å². The van der Waals surface area contributed by atoms with Crippen LogP contribution in [-0.4, -0.2) is 15.5 Å². The van der Waals surface area contributed by atoms with Crippen LogP contribution >= 0.6 is 0 Å². The number of hydrogen-bond acceptors (Lipinski definition) is 5. The molecule has 2 aromatic heterocycles. The lowest BCUT2D eigenvalue weighted by Crippen LogP contribution is -2.26. The average molecular weight is 433 g/mol. The van der Waals surface area contributed by atoms with Crippen molar-refractivity contribution in [3.63, 3.8) is 0 Å². The molecule has 32 heavy (non-hydrogen) atoms. The van der Waals surface area contributed by atoms with Gasteiger partial charge in [-0.3, -0.25) is 9.59 Å². The SMILES string of the molecule is CCc1cc2c(=O)c(-c3nc4ccccc4n3C)c(CC)oc2cc1OC(=O)C(C)(C)C. The van der Waals surface area contributed by atoms with Crippen molar-refractivity contribution in [2.45, 2.75) is 47.5 Å². The summed E-state index contributed by atoms with van der Waals surface area (Å²) in [6, 6.07) is 11.2. The van der Waals surface area contributed by atoms with Gasteiger partial charge in [0.15, 0.2) is 0 Å². The zero-order valence-electron chi connectivity index (χ0n) is 19.4. The number of ether oxygens (including phenoxy) is 1. The number of aromatic nitrogens is 2. The highest BCUT2D eigenvalue weighted by Crippen LogP contribution is 2.32. The minimum atomic E-state index is -0.639. The molecule has 6 heteroatoms. The molecule has 0 saturated heterocycles. The summed E-state index contributed by atoms with van der Waals surface area (Å²) in [6.45, 7) is 9.32. The average Bonchev–Trinajstić information content (AvgIpc) is 3.08. The normalized spacial score (nSPS) is 11.9. The maximum absolute atomic E-state index is 13.7. The highest BCUT2D eigenvalue weighted by molar-refractivity contribution is 5.87. The molecule has 0 spiro atoms. The molecule has 0 N–H and O–H groups in total. The van der Waals surface area contributed by atoms with E-state index in [0.29, 0.717) is 46.7 Å². The lowest BCUT2D eigenvalue weighted by Gasteiger charge is -2.18. The maximum Gasteiger partial charge on any atom is 0.316 e. The molecule has 0 aliphatic rings. The van der Waals surface area contributed by atoms with Crippen molar-refractivity contribution in [2.24, 2.45) is 12.5 Å². The summed E-state index contributed by atoms with van der Waals surface area (Å²) in [7, 11) is 1.90. The maximum atomic E-state index is 13.7. The van der Waals surface area contributed by atoms with Crippen molar-refractivity contribution >= 4 is 28.0 Å². The van der Waals surface area contributed by atoms with Crippen molar-refractivity contribution in [1.29, 1.82) is 0 Å². The third-order valence-electron chi connectivity index (χ3n) is 5.67. The highest BCUT2D eigenvalue weighted by atomic mass is 16.5. The summed E-state index contributed by atoms with van der Waals surface area (Å²) in [4.78, 5) is 30.9. The van der Waals surface area contributed by atoms with Gasteiger partial charge in [-0.05, 0) is 51.0 Å². The van der Waals surface area contributed by atoms with Gasteiger partial charge >= 0.3 is 5.97 Å². The van der Waals surface area contributed by atoms with Gasteiger partial charge in [0, 0.05) is 19.5 Å². The van der Waals surface area contributed by atoms with Crippen LogP contribution in [-0.2, 0) is 24.7 Å². The molecule has 2 aromatic carbocycles. The summed E-state index contributed by atoms with van der Waals surface area (Å²) in [5, 5.41) is 0.455. The van der Waals surface area contributed by atoms with E-state index in [0.717, 1.165) is 16.6 Å². The van der Waals surface area contributed by atoms with E-state index in [4.69, 9.17) is 14.1 Å². The Morgan fingerprint density at radius 1 is 1.12 bits per heavy atom. The standard InChI is InChI=1S/C26H28N2O4/c1-7-15-13-16-21(14-20(15)32-25(30)26(3,4)5)31-19(8-2)22(23(16)29)24-27-17-11-9-10-12-18(17)28(24)6/h9-14H,7-8H2,1-6H3. The fraction of sp³-hybridized carbons (Fsp3) is 0.346. The van der Waals surface area contributed by atoms with Crippen LogP contribution in [0.2, 0.25) is 0 Å². The predicted molar refractivity (Wildman–Crippen MR) is 126 cm³/mol. The first-order chi connectivity index (χ1) is 15.2. The summed E-state index contributed by atoms with van der Waals surface area (Å²) in [5.74, 6) is 1.24. The van der Waals surface area contributed by atoms with Gasteiger partial charge in [-0.15, -0.1) is 0 Å². The Morgan fingerprint density at radius 3 is 2.47 bits per heavy atom. The lowest BCUT2D eigenvalue weighted by molar-refractivity contribution is -0.143. The summed E-state index contributed by atoms with van der Waals surface area (Å²) in [5.41, 5.74) is 2.66. The van der Waals surface area contributed by atoms with Crippen molar-refractivity contribution in [3.05, 3.63) is 57.9 Å². The van der Waals surface area contributed by atoms with E-state index < -0.39 is 5.41 Å². The number of nitrogens with zero attached hydrogens (tertiary/aromatic N) is 2. The monoisotopic (exact) mass is 432 g/mol. The van der Waals surface area contributed by atoms with E-state index in [2.05, 4.69) is 0 Å². The quantitative estimate of drug-likeness (QED) is 0.318. The van der Waals surface area contributed by atoms with Crippen molar-refractivity contribution in [3.8, 4) is 17.1 Å². The molecular formula is C26H28N2O4. The Kier molecular flexibility index (Phi) is 5.41. The number of fused-ring (bicyclic) bond motifs is 2. The zero-order valence-corrected chi connectivity index (χ0v) is 19.4. The second-order valence-electron chi connectivity index (χ2n) is 9.02. The number of para-hydroxylation sites is 2. The zero-order chi connectivity index (χ0) is 23.2. The molecule has 0 amide bonds. The molecule has 0 bridgehead atoms. The summed E-state index contributed by atoms with van der Waals surface area (Å²) < 4.78 is 13.8. The summed E-state index contributed by atoms with van der Waals surface area (Å²) >= 11 is 0. The van der Waals surface area contributed by atoms with Gasteiger partial charge in [0.1, 0.15) is 28.5 Å². The Balaban J connectivity index is 1.96. The molecule has 6 nitrogen and oxygen atoms in total. The molecule has 0 radical (unpaired) electrons. The van der Waals surface area contributed by atoms with Crippen LogP contribution in [0.4, 0.5) is 0 Å². The second kappa shape index (κ2) is 7.93. The van der Waals surface area contributed by atoms with E-state index in [1.807, 2.05) is 49.7 Å². The van der Waals surface area contributed by atoms with Crippen LogP contribution < -0.4 is 10.2 Å². The molecule has 0 unspecified atom stereocenters.